The fourth-order valence-electron chi connectivity index (χ4n) is 3.77. The summed E-state index contributed by atoms with van der Waals surface area (Å²) in [6.45, 7) is 2.99. The summed E-state index contributed by atoms with van der Waals surface area (Å²) in [5, 5.41) is 0.380. The molecular formula is C28H25BrClNO4S. The SMILES string of the molecule is CCOc1cc(/C=C2/SC(=O)N(CCCc3ccccc3)C2=O)cc(Br)c1OCc1ccccc1Cl. The molecule has 5 nitrogen and oxygen atoms in total. The van der Waals surface area contributed by atoms with Gasteiger partial charge in [0.15, 0.2) is 11.5 Å². The van der Waals surface area contributed by atoms with Gasteiger partial charge in [-0.15, -0.1) is 0 Å². The largest absolute Gasteiger partial charge is 0.490 e. The minimum Gasteiger partial charge on any atom is -0.490 e. The Morgan fingerprint density at radius 1 is 1.03 bits per heavy atom. The lowest BCUT2D eigenvalue weighted by molar-refractivity contribution is -0.122. The maximum atomic E-state index is 13.0. The molecule has 8 heteroatoms. The highest BCUT2D eigenvalue weighted by Gasteiger charge is 2.34. The fraction of sp³-hybridized carbons (Fsp3) is 0.214. The summed E-state index contributed by atoms with van der Waals surface area (Å²) in [6.07, 6.45) is 3.24. The van der Waals surface area contributed by atoms with Crippen molar-refractivity contribution < 1.29 is 19.1 Å². The maximum absolute atomic E-state index is 13.0. The molecular weight excluding hydrogens is 562 g/mol. The normalized spacial score (nSPS) is 14.5. The molecule has 0 aromatic heterocycles. The third-order valence-corrected chi connectivity index (χ3v) is 7.39. The highest BCUT2D eigenvalue weighted by Crippen LogP contribution is 2.40. The minimum absolute atomic E-state index is 0.247. The first-order chi connectivity index (χ1) is 17.5. The van der Waals surface area contributed by atoms with Crippen LogP contribution in [0, 0.1) is 0 Å². The number of thioether (sulfide) groups is 1. The van der Waals surface area contributed by atoms with E-state index in [1.54, 1.807) is 12.1 Å². The van der Waals surface area contributed by atoms with Gasteiger partial charge in [0.2, 0.25) is 0 Å². The number of halogens is 2. The van der Waals surface area contributed by atoms with Crippen LogP contribution in [0.2, 0.25) is 5.02 Å². The molecule has 0 saturated carbocycles. The smallest absolute Gasteiger partial charge is 0.293 e. The average Bonchev–Trinajstić information content (AvgIpc) is 3.12. The molecule has 3 aromatic carbocycles. The first-order valence-corrected chi connectivity index (χ1v) is 13.6. The summed E-state index contributed by atoms with van der Waals surface area (Å²) in [5.74, 6) is 0.807. The number of carbonyl (C=O) groups is 2. The molecule has 0 unspecified atom stereocenters. The molecule has 186 valence electrons. The zero-order chi connectivity index (χ0) is 25.5. The molecule has 0 bridgehead atoms. The van der Waals surface area contributed by atoms with Gasteiger partial charge in [-0.3, -0.25) is 14.5 Å². The molecule has 36 heavy (non-hydrogen) atoms. The van der Waals surface area contributed by atoms with Gasteiger partial charge in [-0.2, -0.15) is 0 Å². The highest BCUT2D eigenvalue weighted by atomic mass is 79.9. The summed E-state index contributed by atoms with van der Waals surface area (Å²) >= 11 is 10.8. The van der Waals surface area contributed by atoms with Gasteiger partial charge in [0, 0.05) is 17.1 Å². The van der Waals surface area contributed by atoms with Gasteiger partial charge in [-0.05, 0) is 82.9 Å². The number of rotatable bonds is 10. The van der Waals surface area contributed by atoms with Crippen molar-refractivity contribution in [3.05, 3.63) is 97.8 Å². The van der Waals surface area contributed by atoms with E-state index in [0.29, 0.717) is 45.5 Å². The molecule has 0 atom stereocenters. The lowest BCUT2D eigenvalue weighted by Crippen LogP contribution is -2.29. The molecule has 0 spiro atoms. The van der Waals surface area contributed by atoms with Gasteiger partial charge in [-0.25, -0.2) is 0 Å². The Morgan fingerprint density at radius 2 is 1.78 bits per heavy atom. The molecule has 4 rings (SSSR count). The number of carbonyl (C=O) groups excluding carboxylic acids is 2. The number of ether oxygens (including phenoxy) is 2. The van der Waals surface area contributed by atoms with Gasteiger partial charge in [0.1, 0.15) is 6.61 Å². The van der Waals surface area contributed by atoms with Crippen LogP contribution in [-0.2, 0) is 17.8 Å². The molecule has 1 aliphatic rings. The van der Waals surface area contributed by atoms with Gasteiger partial charge < -0.3 is 9.47 Å². The number of amides is 2. The van der Waals surface area contributed by atoms with Crippen LogP contribution in [0.25, 0.3) is 6.08 Å². The van der Waals surface area contributed by atoms with Crippen molar-refractivity contribution in [3.8, 4) is 11.5 Å². The first-order valence-electron chi connectivity index (χ1n) is 11.6. The van der Waals surface area contributed by atoms with E-state index in [1.165, 1.54) is 10.5 Å². The van der Waals surface area contributed by atoms with Crippen LogP contribution in [0.4, 0.5) is 4.79 Å². The zero-order valence-electron chi connectivity index (χ0n) is 19.7. The Balaban J connectivity index is 1.47. The van der Waals surface area contributed by atoms with E-state index < -0.39 is 0 Å². The predicted octanol–water partition coefficient (Wildman–Crippen LogP) is 7.75. The topological polar surface area (TPSA) is 55.8 Å². The Hall–Kier alpha value is -2.74. The van der Waals surface area contributed by atoms with E-state index in [0.717, 1.165) is 29.3 Å². The quantitative estimate of drug-likeness (QED) is 0.227. The molecule has 0 aliphatic carbocycles. The summed E-state index contributed by atoms with van der Waals surface area (Å²) in [7, 11) is 0. The van der Waals surface area contributed by atoms with E-state index in [1.807, 2.05) is 67.6 Å². The number of imide groups is 1. The molecule has 0 radical (unpaired) electrons. The number of benzene rings is 3. The monoisotopic (exact) mass is 585 g/mol. The van der Waals surface area contributed by atoms with Crippen molar-refractivity contribution >= 4 is 56.5 Å². The van der Waals surface area contributed by atoms with E-state index in [4.69, 9.17) is 21.1 Å². The fourth-order valence-corrected chi connectivity index (χ4v) is 5.40. The van der Waals surface area contributed by atoms with Gasteiger partial charge in [0.05, 0.1) is 16.0 Å². The first kappa shape index (κ1) is 26.3. The van der Waals surface area contributed by atoms with Crippen LogP contribution < -0.4 is 9.47 Å². The summed E-state index contributed by atoms with van der Waals surface area (Å²) < 4.78 is 12.5. The predicted molar refractivity (Wildman–Crippen MR) is 149 cm³/mol. The van der Waals surface area contributed by atoms with Crippen molar-refractivity contribution in [3.63, 3.8) is 0 Å². The Kier molecular flexibility index (Phi) is 9.13. The van der Waals surface area contributed by atoms with Crippen LogP contribution in [0.5, 0.6) is 11.5 Å². The second kappa shape index (κ2) is 12.5. The Bertz CT molecular complexity index is 1280. The van der Waals surface area contributed by atoms with E-state index in [2.05, 4.69) is 15.9 Å². The molecule has 3 aromatic rings. The van der Waals surface area contributed by atoms with Crippen LogP contribution in [0.1, 0.15) is 30.0 Å². The van der Waals surface area contributed by atoms with Crippen LogP contribution >= 0.6 is 39.3 Å². The number of aryl methyl sites for hydroxylation is 1. The van der Waals surface area contributed by atoms with Crippen molar-refractivity contribution in [2.75, 3.05) is 13.2 Å². The van der Waals surface area contributed by atoms with Gasteiger partial charge in [-0.1, -0.05) is 60.1 Å². The van der Waals surface area contributed by atoms with Crippen molar-refractivity contribution in [1.82, 2.24) is 4.90 Å². The third kappa shape index (κ3) is 6.52. The number of hydrogen-bond donors (Lipinski definition) is 0. The van der Waals surface area contributed by atoms with Gasteiger partial charge in [0.25, 0.3) is 11.1 Å². The number of hydrogen-bond acceptors (Lipinski definition) is 5. The Labute approximate surface area is 228 Å². The third-order valence-electron chi connectivity index (χ3n) is 5.52. The highest BCUT2D eigenvalue weighted by molar-refractivity contribution is 9.10. The number of nitrogens with zero attached hydrogens (tertiary/aromatic N) is 1. The van der Waals surface area contributed by atoms with Gasteiger partial charge >= 0.3 is 0 Å². The minimum atomic E-state index is -0.272. The van der Waals surface area contributed by atoms with Crippen LogP contribution in [-0.4, -0.2) is 29.2 Å². The standard InChI is InChI=1S/C28H25BrClNO4S/c1-2-34-24-16-20(15-22(29)26(24)35-18-21-12-6-7-13-23(21)30)17-25-27(32)31(28(33)36-25)14-8-11-19-9-4-3-5-10-19/h3-7,9-10,12-13,15-17H,2,8,11,14,18H2,1H3/b25-17+. The van der Waals surface area contributed by atoms with E-state index >= 15 is 0 Å². The van der Waals surface area contributed by atoms with Crippen molar-refractivity contribution in [1.29, 1.82) is 0 Å². The lowest BCUT2D eigenvalue weighted by atomic mass is 10.1. The van der Waals surface area contributed by atoms with E-state index in [-0.39, 0.29) is 17.8 Å². The molecule has 2 amide bonds. The zero-order valence-corrected chi connectivity index (χ0v) is 22.9. The lowest BCUT2D eigenvalue weighted by Gasteiger charge is -2.15. The molecule has 1 saturated heterocycles. The van der Waals surface area contributed by atoms with Crippen molar-refractivity contribution in [2.24, 2.45) is 0 Å². The summed E-state index contributed by atoms with van der Waals surface area (Å²) in [5.41, 5.74) is 2.77. The second-order valence-electron chi connectivity index (χ2n) is 8.07. The van der Waals surface area contributed by atoms with Crippen molar-refractivity contribution in [2.45, 2.75) is 26.4 Å². The van der Waals surface area contributed by atoms with E-state index in [9.17, 15) is 9.59 Å². The second-order valence-corrected chi connectivity index (χ2v) is 10.3. The van der Waals surface area contributed by atoms with Crippen LogP contribution in [0.3, 0.4) is 0 Å². The molecule has 1 fully saturated rings. The maximum Gasteiger partial charge on any atom is 0.293 e. The Morgan fingerprint density at radius 3 is 2.53 bits per heavy atom. The van der Waals surface area contributed by atoms with Crippen LogP contribution in [0.15, 0.2) is 76.1 Å². The summed E-state index contributed by atoms with van der Waals surface area (Å²) in [6, 6.07) is 21.2. The molecule has 1 aliphatic heterocycles. The summed E-state index contributed by atoms with van der Waals surface area (Å²) in [4.78, 5) is 27.2. The molecule has 0 N–H and O–H groups in total. The average molecular weight is 587 g/mol. The molecule has 1 heterocycles.